The van der Waals surface area contributed by atoms with Gasteiger partial charge in [0.2, 0.25) is 0 Å². The van der Waals surface area contributed by atoms with E-state index in [1.165, 1.54) is 17.8 Å². The summed E-state index contributed by atoms with van der Waals surface area (Å²) >= 11 is 1.36. The number of β-lactam (4-membered cyclic amide) rings is 1. The van der Waals surface area contributed by atoms with Crippen LogP contribution in [-0.4, -0.2) is 50.1 Å². The van der Waals surface area contributed by atoms with Crippen molar-refractivity contribution in [2.24, 2.45) is 0 Å². The number of carboxylic acid groups (broad SMARTS) is 1. The number of hydrogen-bond acceptors (Lipinski definition) is 5. The molecular weight excluding hydrogens is 320 g/mol. The second kappa shape index (κ2) is 6.05. The molecule has 3 rings (SSSR count). The molecule has 7 nitrogen and oxygen atoms in total. The zero-order chi connectivity index (χ0) is 16.6. The van der Waals surface area contributed by atoms with Crippen LogP contribution in [0.4, 0.5) is 0 Å². The van der Waals surface area contributed by atoms with Crippen LogP contribution in [0.1, 0.15) is 11.7 Å². The predicted octanol–water partition coefficient (Wildman–Crippen LogP) is 0.0884. The summed E-state index contributed by atoms with van der Waals surface area (Å²) in [5.74, 6) is -1.88. The Balaban J connectivity index is 1.68. The number of amides is 2. The molecule has 2 heterocycles. The van der Waals surface area contributed by atoms with Crippen molar-refractivity contribution in [1.82, 2.24) is 10.2 Å². The SMILES string of the molecule is O=C(O)C1=CCS[C@H]2[C@H](NC(=O)C(O)c3ccccc3)C(=O)N12. The molecule has 120 valence electrons. The number of nitrogens with one attached hydrogen (secondary N) is 1. The van der Waals surface area contributed by atoms with Gasteiger partial charge in [0.25, 0.3) is 11.8 Å². The van der Waals surface area contributed by atoms with Gasteiger partial charge in [0.15, 0.2) is 6.10 Å². The highest BCUT2D eigenvalue weighted by Gasteiger charge is 2.53. The highest BCUT2D eigenvalue weighted by molar-refractivity contribution is 8.00. The van der Waals surface area contributed by atoms with Crippen molar-refractivity contribution in [2.45, 2.75) is 17.5 Å². The standard InChI is InChI=1S/C15H14N2O5S/c18-11(8-4-2-1-3-5-8)12(19)16-10-13(20)17-9(15(21)22)6-7-23-14(10)17/h1-6,10-11,14,18H,7H2,(H,16,19)(H,21,22)/t10-,11?,14+/m1/s1. The Labute approximate surface area is 136 Å². The van der Waals surface area contributed by atoms with E-state index < -0.39 is 35.3 Å². The minimum Gasteiger partial charge on any atom is -0.477 e. The zero-order valence-corrected chi connectivity index (χ0v) is 12.7. The summed E-state index contributed by atoms with van der Waals surface area (Å²) in [6.45, 7) is 0. The summed E-state index contributed by atoms with van der Waals surface area (Å²) in [6, 6.07) is 7.56. The van der Waals surface area contributed by atoms with Crippen LogP contribution < -0.4 is 5.32 Å². The van der Waals surface area contributed by atoms with E-state index in [0.717, 1.165) is 4.90 Å². The van der Waals surface area contributed by atoms with Crippen LogP contribution in [0.3, 0.4) is 0 Å². The lowest BCUT2D eigenvalue weighted by Gasteiger charge is -2.48. The van der Waals surface area contributed by atoms with Gasteiger partial charge >= 0.3 is 5.97 Å². The van der Waals surface area contributed by atoms with Crippen LogP contribution in [0.25, 0.3) is 0 Å². The van der Waals surface area contributed by atoms with E-state index in [4.69, 9.17) is 5.11 Å². The molecular formula is C15H14N2O5S. The molecule has 1 fully saturated rings. The fourth-order valence-corrected chi connectivity index (χ4v) is 3.75. The average molecular weight is 334 g/mol. The van der Waals surface area contributed by atoms with Gasteiger partial charge < -0.3 is 15.5 Å². The molecule has 0 radical (unpaired) electrons. The van der Waals surface area contributed by atoms with Crippen molar-refractivity contribution in [2.75, 3.05) is 5.75 Å². The summed E-state index contributed by atoms with van der Waals surface area (Å²) in [5, 5.41) is 21.2. The van der Waals surface area contributed by atoms with Gasteiger partial charge in [-0.3, -0.25) is 14.5 Å². The lowest BCUT2D eigenvalue weighted by atomic mass is 10.0. The monoisotopic (exact) mass is 334 g/mol. The minimum atomic E-state index is -1.37. The van der Waals surface area contributed by atoms with Gasteiger partial charge in [0, 0.05) is 5.75 Å². The Morgan fingerprint density at radius 3 is 2.65 bits per heavy atom. The van der Waals surface area contributed by atoms with Crippen molar-refractivity contribution in [3.63, 3.8) is 0 Å². The topological polar surface area (TPSA) is 107 Å². The van der Waals surface area contributed by atoms with Gasteiger partial charge in [-0.1, -0.05) is 30.3 Å². The number of nitrogens with zero attached hydrogens (tertiary/aromatic N) is 1. The molecule has 1 aromatic carbocycles. The normalized spacial score (nSPS) is 24.1. The number of carbonyl (C=O) groups excluding carboxylic acids is 2. The van der Waals surface area contributed by atoms with E-state index in [-0.39, 0.29) is 5.70 Å². The number of carbonyl (C=O) groups is 3. The first kappa shape index (κ1) is 15.6. The first-order valence-corrected chi connectivity index (χ1v) is 7.97. The van der Waals surface area contributed by atoms with Crippen LogP contribution in [0.5, 0.6) is 0 Å². The Kier molecular flexibility index (Phi) is 4.10. The first-order valence-electron chi connectivity index (χ1n) is 6.92. The quantitative estimate of drug-likeness (QED) is 0.674. The number of thioether (sulfide) groups is 1. The molecule has 3 atom stereocenters. The molecule has 1 saturated heterocycles. The van der Waals surface area contributed by atoms with Gasteiger partial charge in [0.1, 0.15) is 17.1 Å². The number of aliphatic carboxylic acids is 1. The van der Waals surface area contributed by atoms with Gasteiger partial charge in [-0.2, -0.15) is 0 Å². The van der Waals surface area contributed by atoms with Crippen LogP contribution in [0, 0.1) is 0 Å². The number of carboxylic acids is 1. The van der Waals surface area contributed by atoms with Crippen LogP contribution in [-0.2, 0) is 14.4 Å². The maximum absolute atomic E-state index is 12.1. The smallest absolute Gasteiger partial charge is 0.352 e. The van der Waals surface area contributed by atoms with Crippen molar-refractivity contribution in [1.29, 1.82) is 0 Å². The Bertz CT molecular complexity index is 690. The lowest BCUT2D eigenvalue weighted by molar-refractivity contribution is -0.151. The number of hydrogen-bond donors (Lipinski definition) is 3. The molecule has 1 aromatic rings. The largest absolute Gasteiger partial charge is 0.477 e. The van der Waals surface area contributed by atoms with Crippen LogP contribution >= 0.6 is 11.8 Å². The van der Waals surface area contributed by atoms with Crippen molar-refractivity contribution in [3.8, 4) is 0 Å². The molecule has 0 spiro atoms. The van der Waals surface area contributed by atoms with Crippen molar-refractivity contribution in [3.05, 3.63) is 47.7 Å². The summed E-state index contributed by atoms with van der Waals surface area (Å²) in [7, 11) is 0. The van der Waals surface area contributed by atoms with Crippen molar-refractivity contribution >= 4 is 29.5 Å². The summed E-state index contributed by atoms with van der Waals surface area (Å²) < 4.78 is 0. The van der Waals surface area contributed by atoms with E-state index in [9.17, 15) is 19.5 Å². The zero-order valence-electron chi connectivity index (χ0n) is 11.9. The molecule has 2 aliphatic rings. The average Bonchev–Trinajstić information content (AvgIpc) is 2.58. The van der Waals surface area contributed by atoms with E-state index in [1.807, 2.05) is 0 Å². The highest BCUT2D eigenvalue weighted by Crippen LogP contribution is 2.37. The molecule has 3 N–H and O–H groups in total. The third-order valence-electron chi connectivity index (χ3n) is 3.73. The van der Waals surface area contributed by atoms with Gasteiger partial charge in [-0.25, -0.2) is 4.79 Å². The Morgan fingerprint density at radius 2 is 2.00 bits per heavy atom. The van der Waals surface area contributed by atoms with Crippen molar-refractivity contribution < 1.29 is 24.6 Å². The number of fused-ring (bicyclic) bond motifs is 1. The van der Waals surface area contributed by atoms with E-state index in [2.05, 4.69) is 5.32 Å². The molecule has 0 aliphatic carbocycles. The maximum Gasteiger partial charge on any atom is 0.352 e. The van der Waals surface area contributed by atoms with E-state index in [0.29, 0.717) is 11.3 Å². The second-order valence-electron chi connectivity index (χ2n) is 5.13. The molecule has 2 amide bonds. The third kappa shape index (κ3) is 2.71. The fraction of sp³-hybridized carbons (Fsp3) is 0.267. The minimum absolute atomic E-state index is 0.0622. The number of aliphatic hydroxyl groups is 1. The lowest BCUT2D eigenvalue weighted by Crippen LogP contribution is -2.70. The molecule has 0 saturated carbocycles. The molecule has 0 aromatic heterocycles. The highest BCUT2D eigenvalue weighted by atomic mass is 32.2. The van der Waals surface area contributed by atoms with Gasteiger partial charge in [-0.05, 0) is 11.6 Å². The fourth-order valence-electron chi connectivity index (χ4n) is 2.56. The van der Waals surface area contributed by atoms with Gasteiger partial charge in [0.05, 0.1) is 0 Å². The predicted molar refractivity (Wildman–Crippen MR) is 82.1 cm³/mol. The molecule has 23 heavy (non-hydrogen) atoms. The summed E-state index contributed by atoms with van der Waals surface area (Å²) in [5.41, 5.74) is 0.365. The van der Waals surface area contributed by atoms with Crippen LogP contribution in [0.15, 0.2) is 42.1 Å². The van der Waals surface area contributed by atoms with E-state index in [1.54, 1.807) is 30.3 Å². The number of benzene rings is 1. The molecule has 8 heteroatoms. The van der Waals surface area contributed by atoms with Gasteiger partial charge in [-0.15, -0.1) is 11.8 Å². The molecule has 1 unspecified atom stereocenters. The summed E-state index contributed by atoms with van der Waals surface area (Å²) in [4.78, 5) is 36.5. The van der Waals surface area contributed by atoms with Crippen LogP contribution in [0.2, 0.25) is 0 Å². The first-order chi connectivity index (χ1) is 11.0. The Hall–Kier alpha value is -2.32. The third-order valence-corrected chi connectivity index (χ3v) is 4.91. The number of aliphatic hydroxyl groups excluding tert-OH is 1. The van der Waals surface area contributed by atoms with E-state index >= 15 is 0 Å². The molecule has 0 bridgehead atoms. The summed E-state index contributed by atoms with van der Waals surface area (Å²) in [6.07, 6.45) is 0.0965. The second-order valence-corrected chi connectivity index (χ2v) is 6.28. The maximum atomic E-state index is 12.1. The number of rotatable bonds is 4. The molecule has 2 aliphatic heterocycles. The Morgan fingerprint density at radius 1 is 1.30 bits per heavy atom.